The fraction of sp³-hybridized carbons (Fsp3) is 0.889. The van der Waals surface area contributed by atoms with Gasteiger partial charge in [-0.25, -0.2) is 0 Å². The van der Waals surface area contributed by atoms with E-state index in [-0.39, 0.29) is 11.8 Å². The summed E-state index contributed by atoms with van der Waals surface area (Å²) >= 11 is 0. The van der Waals surface area contributed by atoms with Crippen LogP contribution in [0.25, 0.3) is 0 Å². The summed E-state index contributed by atoms with van der Waals surface area (Å²) in [5, 5.41) is 2.86. The van der Waals surface area contributed by atoms with Gasteiger partial charge in [-0.15, -0.1) is 0 Å². The molecule has 0 aliphatic heterocycles. The van der Waals surface area contributed by atoms with Crippen LogP contribution in [0, 0.1) is 0 Å². The van der Waals surface area contributed by atoms with Crippen LogP contribution in [0.2, 0.25) is 0 Å². The van der Waals surface area contributed by atoms with Crippen LogP contribution in [0.5, 0.6) is 0 Å². The van der Waals surface area contributed by atoms with Gasteiger partial charge in [0, 0.05) is 6.42 Å². The van der Waals surface area contributed by atoms with Crippen LogP contribution in [0.4, 0.5) is 0 Å². The van der Waals surface area contributed by atoms with Crippen molar-refractivity contribution in [3.05, 3.63) is 0 Å². The number of nitrogens with one attached hydrogen (secondary N) is 1. The highest BCUT2D eigenvalue weighted by molar-refractivity contribution is 5.83. The molecule has 0 spiro atoms. The van der Waals surface area contributed by atoms with Crippen LogP contribution in [0.1, 0.15) is 32.6 Å². The first-order valence-corrected chi connectivity index (χ1v) is 5.10. The fourth-order valence-corrected chi connectivity index (χ4v) is 1.18. The second-order valence-electron chi connectivity index (χ2n) is 3.44. The Kier molecular flexibility index (Phi) is 7.60. The Morgan fingerprint density at radius 3 is 2.50 bits per heavy atom. The van der Waals surface area contributed by atoms with Crippen LogP contribution < -0.4 is 22.5 Å². The monoisotopic (exact) mass is 202 g/mol. The lowest BCUT2D eigenvalue weighted by Crippen LogP contribution is -2.45. The van der Waals surface area contributed by atoms with E-state index >= 15 is 0 Å². The molecule has 0 aliphatic rings. The van der Waals surface area contributed by atoms with E-state index in [1.807, 2.05) is 6.92 Å². The number of carbonyl (C=O) groups is 1. The van der Waals surface area contributed by atoms with Gasteiger partial charge < -0.3 is 17.2 Å². The maximum absolute atomic E-state index is 11.3. The summed E-state index contributed by atoms with van der Waals surface area (Å²) in [7, 11) is 0. The highest BCUT2D eigenvalue weighted by atomic mass is 16.1. The van der Waals surface area contributed by atoms with Crippen molar-refractivity contribution < 1.29 is 4.79 Å². The Morgan fingerprint density at radius 1 is 1.36 bits per heavy atom. The molecule has 0 heterocycles. The topological polar surface area (TPSA) is 107 Å². The second-order valence-corrected chi connectivity index (χ2v) is 3.44. The summed E-state index contributed by atoms with van der Waals surface area (Å²) in [4.78, 5) is 11.3. The Bertz CT molecular complexity index is 161. The molecule has 0 radical (unpaired) electrons. The third-order valence-corrected chi connectivity index (χ3v) is 1.98. The van der Waals surface area contributed by atoms with Crippen LogP contribution >= 0.6 is 0 Å². The Labute approximate surface area is 85.4 Å². The molecule has 0 aromatic heterocycles. The quantitative estimate of drug-likeness (QED) is 0.306. The van der Waals surface area contributed by atoms with Crippen molar-refractivity contribution in [3.63, 3.8) is 0 Å². The Balaban J connectivity index is 3.43. The lowest BCUT2D eigenvalue weighted by atomic mass is 10.0. The standard InChI is InChI=1S/C9H22N4O/c1-2-4-8(14)7(10)5-3-6-13-9(11)12/h7,9,13H,2-6,10-12H2,1H3/t7-/m0/s1. The van der Waals surface area contributed by atoms with Gasteiger partial charge in [0.05, 0.1) is 6.04 Å². The van der Waals surface area contributed by atoms with Gasteiger partial charge in [-0.05, 0) is 25.8 Å². The van der Waals surface area contributed by atoms with Crippen molar-refractivity contribution in [2.24, 2.45) is 17.2 Å². The number of nitrogens with two attached hydrogens (primary N) is 3. The van der Waals surface area contributed by atoms with Crippen molar-refractivity contribution >= 4 is 5.78 Å². The third-order valence-electron chi connectivity index (χ3n) is 1.98. The van der Waals surface area contributed by atoms with Crippen LogP contribution in [0.3, 0.4) is 0 Å². The maximum atomic E-state index is 11.3. The summed E-state index contributed by atoms with van der Waals surface area (Å²) in [6.45, 7) is 2.67. The van der Waals surface area contributed by atoms with Gasteiger partial charge >= 0.3 is 0 Å². The smallest absolute Gasteiger partial charge is 0.149 e. The van der Waals surface area contributed by atoms with Gasteiger partial charge in [0.2, 0.25) is 0 Å². The predicted octanol–water partition coefficient (Wildman–Crippen LogP) is -0.746. The molecule has 0 rings (SSSR count). The Morgan fingerprint density at radius 2 is 2.00 bits per heavy atom. The minimum absolute atomic E-state index is 0.143. The number of rotatable bonds is 8. The zero-order chi connectivity index (χ0) is 11.0. The van der Waals surface area contributed by atoms with E-state index < -0.39 is 6.29 Å². The van der Waals surface area contributed by atoms with Gasteiger partial charge in [-0.3, -0.25) is 10.1 Å². The van der Waals surface area contributed by atoms with Gasteiger partial charge in [0.1, 0.15) is 12.1 Å². The SMILES string of the molecule is CCCC(=O)[C@@H](N)CCCNC(N)N. The van der Waals surface area contributed by atoms with Crippen LogP contribution in [-0.4, -0.2) is 24.7 Å². The van der Waals surface area contributed by atoms with Gasteiger partial charge in [0.25, 0.3) is 0 Å². The zero-order valence-corrected chi connectivity index (χ0v) is 8.83. The fourth-order valence-electron chi connectivity index (χ4n) is 1.18. The van der Waals surface area contributed by atoms with Crippen molar-refractivity contribution in [2.75, 3.05) is 6.54 Å². The van der Waals surface area contributed by atoms with E-state index in [1.54, 1.807) is 0 Å². The van der Waals surface area contributed by atoms with E-state index in [9.17, 15) is 4.79 Å². The lowest BCUT2D eigenvalue weighted by molar-refractivity contribution is -0.120. The highest BCUT2D eigenvalue weighted by Gasteiger charge is 2.11. The van der Waals surface area contributed by atoms with Crippen molar-refractivity contribution in [3.8, 4) is 0 Å². The minimum Gasteiger partial charge on any atom is -0.322 e. The average molecular weight is 202 g/mol. The minimum atomic E-state index is -0.488. The number of carbonyl (C=O) groups excluding carboxylic acids is 1. The molecule has 0 bridgehead atoms. The first kappa shape index (κ1) is 13.5. The van der Waals surface area contributed by atoms with Crippen molar-refractivity contribution in [1.29, 1.82) is 0 Å². The predicted molar refractivity (Wildman–Crippen MR) is 57.3 cm³/mol. The number of hydrogen-bond acceptors (Lipinski definition) is 5. The van der Waals surface area contributed by atoms with E-state index in [0.717, 1.165) is 12.8 Å². The van der Waals surface area contributed by atoms with Crippen LogP contribution in [0.15, 0.2) is 0 Å². The molecule has 0 fully saturated rings. The molecule has 0 aromatic rings. The van der Waals surface area contributed by atoms with E-state index in [1.165, 1.54) is 0 Å². The number of Topliss-reactive ketones (excluding diaryl/α,β-unsaturated/α-hetero) is 1. The number of ketones is 1. The van der Waals surface area contributed by atoms with Gasteiger partial charge in [0.15, 0.2) is 0 Å². The van der Waals surface area contributed by atoms with Crippen molar-refractivity contribution in [1.82, 2.24) is 5.32 Å². The zero-order valence-electron chi connectivity index (χ0n) is 8.83. The highest BCUT2D eigenvalue weighted by Crippen LogP contribution is 1.99. The largest absolute Gasteiger partial charge is 0.322 e. The molecule has 14 heavy (non-hydrogen) atoms. The molecule has 0 aromatic carbocycles. The molecule has 1 atom stereocenters. The van der Waals surface area contributed by atoms with E-state index in [2.05, 4.69) is 5.32 Å². The maximum Gasteiger partial charge on any atom is 0.149 e. The molecule has 0 amide bonds. The van der Waals surface area contributed by atoms with E-state index in [0.29, 0.717) is 19.4 Å². The van der Waals surface area contributed by atoms with Crippen molar-refractivity contribution in [2.45, 2.75) is 44.9 Å². The average Bonchev–Trinajstić information content (AvgIpc) is 2.12. The molecule has 5 heteroatoms. The lowest BCUT2D eigenvalue weighted by Gasteiger charge is -2.11. The van der Waals surface area contributed by atoms with Gasteiger partial charge in [-0.2, -0.15) is 0 Å². The first-order chi connectivity index (χ1) is 6.57. The molecule has 0 aliphatic carbocycles. The normalized spacial score (nSPS) is 13.2. The third kappa shape index (κ3) is 6.97. The molecule has 5 nitrogen and oxygen atoms in total. The summed E-state index contributed by atoms with van der Waals surface area (Å²) in [6.07, 6.45) is 2.46. The molecule has 0 saturated carbocycles. The second kappa shape index (κ2) is 7.87. The first-order valence-electron chi connectivity index (χ1n) is 5.10. The summed E-state index contributed by atoms with van der Waals surface area (Å²) in [5.74, 6) is 0.143. The molecular weight excluding hydrogens is 180 g/mol. The summed E-state index contributed by atoms with van der Waals surface area (Å²) in [5.41, 5.74) is 16.3. The summed E-state index contributed by atoms with van der Waals surface area (Å²) < 4.78 is 0. The van der Waals surface area contributed by atoms with Crippen LogP contribution in [-0.2, 0) is 4.79 Å². The molecule has 0 unspecified atom stereocenters. The van der Waals surface area contributed by atoms with E-state index in [4.69, 9.17) is 17.2 Å². The Hall–Kier alpha value is -0.490. The summed E-state index contributed by atoms with van der Waals surface area (Å²) in [6, 6.07) is -0.328. The van der Waals surface area contributed by atoms with Gasteiger partial charge in [-0.1, -0.05) is 6.92 Å². The number of hydrogen-bond donors (Lipinski definition) is 4. The molecule has 84 valence electrons. The molecular formula is C9H22N4O. The molecule has 7 N–H and O–H groups in total. The molecule has 0 saturated heterocycles.